The minimum Gasteiger partial charge on any atom is -0.300 e. The Morgan fingerprint density at radius 3 is 2.27 bits per heavy atom. The van der Waals surface area contributed by atoms with Crippen LogP contribution in [0, 0.1) is 11.3 Å². The number of hydrogen-bond donors (Lipinski definition) is 0. The number of piperazine rings is 1. The Labute approximate surface area is 68.2 Å². The van der Waals surface area contributed by atoms with E-state index in [1.807, 2.05) is 7.05 Å². The summed E-state index contributed by atoms with van der Waals surface area (Å²) in [5.74, 6) is 0. The van der Waals surface area contributed by atoms with Gasteiger partial charge in [0.15, 0.2) is 0 Å². The number of nitrogens with zero attached hydrogens (tertiary/aromatic N) is 3. The lowest BCUT2D eigenvalue weighted by atomic mass is 10.1. The lowest BCUT2D eigenvalue weighted by molar-refractivity contribution is 0.0906. The van der Waals surface area contributed by atoms with E-state index >= 15 is 0 Å². The lowest BCUT2D eigenvalue weighted by Gasteiger charge is -2.39. The Morgan fingerprint density at radius 2 is 1.82 bits per heavy atom. The van der Waals surface area contributed by atoms with E-state index in [-0.39, 0.29) is 6.04 Å². The monoisotopic (exact) mass is 153 g/mol. The SMILES string of the molecule is CC1C(C#N)N(C)CCN1C. The van der Waals surface area contributed by atoms with Gasteiger partial charge in [-0.15, -0.1) is 0 Å². The van der Waals surface area contributed by atoms with Crippen molar-refractivity contribution in [1.29, 1.82) is 5.26 Å². The molecule has 0 amide bonds. The molecule has 1 saturated heterocycles. The zero-order valence-electron chi connectivity index (χ0n) is 7.41. The molecule has 62 valence electrons. The zero-order valence-corrected chi connectivity index (χ0v) is 7.41. The maximum atomic E-state index is 8.83. The van der Waals surface area contributed by atoms with Gasteiger partial charge in [0.05, 0.1) is 6.07 Å². The first-order valence-electron chi connectivity index (χ1n) is 3.97. The summed E-state index contributed by atoms with van der Waals surface area (Å²) >= 11 is 0. The van der Waals surface area contributed by atoms with E-state index in [9.17, 15) is 0 Å². The highest BCUT2D eigenvalue weighted by Crippen LogP contribution is 2.12. The Balaban J connectivity index is 2.65. The van der Waals surface area contributed by atoms with Crippen molar-refractivity contribution in [3.8, 4) is 6.07 Å². The van der Waals surface area contributed by atoms with E-state index in [0.29, 0.717) is 6.04 Å². The third-order valence-corrected chi connectivity index (χ3v) is 2.56. The topological polar surface area (TPSA) is 30.3 Å². The molecule has 1 fully saturated rings. The Morgan fingerprint density at radius 1 is 1.27 bits per heavy atom. The van der Waals surface area contributed by atoms with Gasteiger partial charge in [0.2, 0.25) is 0 Å². The standard InChI is InChI=1S/C8H15N3/c1-7-8(6-9)11(3)5-4-10(7)2/h7-8H,4-5H2,1-3H3. The van der Waals surface area contributed by atoms with Gasteiger partial charge in [-0.3, -0.25) is 9.80 Å². The molecule has 3 heteroatoms. The fourth-order valence-electron chi connectivity index (χ4n) is 1.47. The van der Waals surface area contributed by atoms with Crippen molar-refractivity contribution in [3.63, 3.8) is 0 Å². The van der Waals surface area contributed by atoms with Crippen molar-refractivity contribution in [1.82, 2.24) is 9.80 Å². The Hall–Kier alpha value is -0.590. The van der Waals surface area contributed by atoms with Crippen molar-refractivity contribution < 1.29 is 0 Å². The normalized spacial score (nSPS) is 35.1. The maximum Gasteiger partial charge on any atom is 0.113 e. The van der Waals surface area contributed by atoms with E-state index in [1.54, 1.807) is 0 Å². The van der Waals surface area contributed by atoms with Crippen LogP contribution in [0.3, 0.4) is 0 Å². The summed E-state index contributed by atoms with van der Waals surface area (Å²) in [5, 5.41) is 8.83. The van der Waals surface area contributed by atoms with Crippen LogP contribution in [-0.4, -0.2) is 49.1 Å². The second kappa shape index (κ2) is 3.21. The van der Waals surface area contributed by atoms with Gasteiger partial charge < -0.3 is 0 Å². The summed E-state index contributed by atoms with van der Waals surface area (Å²) in [6, 6.07) is 2.74. The molecule has 0 bridgehead atoms. The average molecular weight is 153 g/mol. The summed E-state index contributed by atoms with van der Waals surface area (Å²) in [5.41, 5.74) is 0. The predicted molar refractivity (Wildman–Crippen MR) is 44.1 cm³/mol. The van der Waals surface area contributed by atoms with Crippen LogP contribution >= 0.6 is 0 Å². The highest BCUT2D eigenvalue weighted by Gasteiger charge is 2.28. The molecule has 0 aromatic carbocycles. The van der Waals surface area contributed by atoms with Gasteiger partial charge in [0.1, 0.15) is 6.04 Å². The summed E-state index contributed by atoms with van der Waals surface area (Å²) < 4.78 is 0. The van der Waals surface area contributed by atoms with Gasteiger partial charge in [0.25, 0.3) is 0 Å². The first-order chi connectivity index (χ1) is 5.16. The largest absolute Gasteiger partial charge is 0.300 e. The van der Waals surface area contributed by atoms with Crippen LogP contribution in [-0.2, 0) is 0 Å². The van der Waals surface area contributed by atoms with Gasteiger partial charge in [-0.05, 0) is 21.0 Å². The minimum atomic E-state index is 0.0637. The minimum absolute atomic E-state index is 0.0637. The van der Waals surface area contributed by atoms with Crippen LogP contribution in [0.1, 0.15) is 6.92 Å². The molecule has 0 saturated carbocycles. The Bertz CT molecular complexity index is 173. The van der Waals surface area contributed by atoms with Crippen LogP contribution in [0.5, 0.6) is 0 Å². The van der Waals surface area contributed by atoms with E-state index < -0.39 is 0 Å². The summed E-state index contributed by atoms with van der Waals surface area (Å²) in [7, 11) is 4.08. The fourth-order valence-corrected chi connectivity index (χ4v) is 1.47. The van der Waals surface area contributed by atoms with E-state index in [1.165, 1.54) is 0 Å². The van der Waals surface area contributed by atoms with Crippen molar-refractivity contribution in [2.75, 3.05) is 27.2 Å². The van der Waals surface area contributed by atoms with Crippen molar-refractivity contribution >= 4 is 0 Å². The van der Waals surface area contributed by atoms with Crippen LogP contribution in [0.2, 0.25) is 0 Å². The average Bonchev–Trinajstić information content (AvgIpc) is 1.99. The second-order valence-corrected chi connectivity index (χ2v) is 3.28. The molecule has 0 aromatic heterocycles. The van der Waals surface area contributed by atoms with Gasteiger partial charge in [-0.2, -0.15) is 5.26 Å². The Kier molecular flexibility index (Phi) is 2.48. The van der Waals surface area contributed by atoms with Crippen LogP contribution in [0.25, 0.3) is 0 Å². The molecule has 1 aliphatic heterocycles. The molecule has 0 spiro atoms. The zero-order chi connectivity index (χ0) is 8.43. The summed E-state index contributed by atoms with van der Waals surface area (Å²) in [6.07, 6.45) is 0. The third-order valence-electron chi connectivity index (χ3n) is 2.56. The van der Waals surface area contributed by atoms with Gasteiger partial charge >= 0.3 is 0 Å². The smallest absolute Gasteiger partial charge is 0.113 e. The third kappa shape index (κ3) is 1.52. The van der Waals surface area contributed by atoms with E-state index in [2.05, 4.69) is 29.8 Å². The van der Waals surface area contributed by atoms with Gasteiger partial charge in [0, 0.05) is 19.1 Å². The van der Waals surface area contributed by atoms with E-state index in [4.69, 9.17) is 5.26 Å². The maximum absolute atomic E-state index is 8.83. The van der Waals surface area contributed by atoms with Crippen molar-refractivity contribution in [3.05, 3.63) is 0 Å². The molecule has 11 heavy (non-hydrogen) atoms. The fraction of sp³-hybridized carbons (Fsp3) is 0.875. The first-order valence-corrected chi connectivity index (χ1v) is 3.97. The first kappa shape index (κ1) is 8.51. The van der Waals surface area contributed by atoms with Crippen molar-refractivity contribution in [2.45, 2.75) is 19.0 Å². The number of hydrogen-bond acceptors (Lipinski definition) is 3. The summed E-state index contributed by atoms with van der Waals surface area (Å²) in [4.78, 5) is 4.35. The molecule has 0 aromatic rings. The molecule has 2 atom stereocenters. The van der Waals surface area contributed by atoms with Gasteiger partial charge in [-0.1, -0.05) is 0 Å². The molecular weight excluding hydrogens is 138 g/mol. The molecule has 1 rings (SSSR count). The van der Waals surface area contributed by atoms with Crippen LogP contribution in [0.15, 0.2) is 0 Å². The lowest BCUT2D eigenvalue weighted by Crippen LogP contribution is -2.54. The number of rotatable bonds is 0. The molecule has 1 aliphatic rings. The molecule has 3 nitrogen and oxygen atoms in total. The second-order valence-electron chi connectivity index (χ2n) is 3.28. The van der Waals surface area contributed by atoms with Crippen LogP contribution in [0.4, 0.5) is 0 Å². The molecular formula is C8H15N3. The molecule has 0 radical (unpaired) electrons. The molecule has 0 aliphatic carbocycles. The highest BCUT2D eigenvalue weighted by atomic mass is 15.3. The highest BCUT2D eigenvalue weighted by molar-refractivity contribution is 5.00. The molecule has 2 unspecified atom stereocenters. The molecule has 0 N–H and O–H groups in total. The van der Waals surface area contributed by atoms with Crippen molar-refractivity contribution in [2.24, 2.45) is 0 Å². The number of nitriles is 1. The number of likely N-dealkylation sites (N-methyl/N-ethyl adjacent to an activating group) is 2. The van der Waals surface area contributed by atoms with Gasteiger partial charge in [-0.25, -0.2) is 0 Å². The quantitative estimate of drug-likeness (QED) is 0.496. The van der Waals surface area contributed by atoms with E-state index in [0.717, 1.165) is 13.1 Å². The predicted octanol–water partition coefficient (Wildman–Crippen LogP) is 0.144. The summed E-state index contributed by atoms with van der Waals surface area (Å²) in [6.45, 7) is 4.17. The van der Waals surface area contributed by atoms with Crippen LogP contribution < -0.4 is 0 Å². The molecule has 1 heterocycles.